The van der Waals surface area contributed by atoms with Crippen molar-refractivity contribution < 1.29 is 41.3 Å². The molecule has 0 saturated heterocycles. The lowest BCUT2D eigenvalue weighted by atomic mass is 10.5. The molecule has 13 heavy (non-hydrogen) atoms. The highest BCUT2D eigenvalue weighted by Crippen LogP contribution is 2.37. The van der Waals surface area contributed by atoms with Gasteiger partial charge in [0.15, 0.2) is 0 Å². The molecule has 2 N–H and O–H groups in total. The molecule has 0 heterocycles. The van der Waals surface area contributed by atoms with E-state index in [0.29, 0.717) is 0 Å². The summed E-state index contributed by atoms with van der Waals surface area (Å²) in [6, 6.07) is 0. The van der Waals surface area contributed by atoms with E-state index in [1.54, 1.807) is 0 Å². The molecule has 0 bridgehead atoms. The van der Waals surface area contributed by atoms with Crippen LogP contribution in [0.4, 0.5) is 26.3 Å². The molecule has 0 unspecified atom stereocenters. The zero-order valence-corrected chi connectivity index (χ0v) is 5.78. The zero-order valence-electron chi connectivity index (χ0n) is 5.78. The van der Waals surface area contributed by atoms with Gasteiger partial charge in [0.05, 0.1) is 0 Å². The van der Waals surface area contributed by atoms with E-state index < -0.39 is 24.9 Å². The van der Waals surface area contributed by atoms with Gasteiger partial charge in [0.25, 0.3) is 0 Å². The van der Waals surface area contributed by atoms with Crippen LogP contribution in [-0.4, -0.2) is 35.1 Å². The summed E-state index contributed by atoms with van der Waals surface area (Å²) in [4.78, 5) is 0. The van der Waals surface area contributed by atoms with E-state index in [1.165, 1.54) is 0 Å². The molecule has 0 aromatic carbocycles. The molecule has 0 amide bonds. The predicted octanol–water partition coefficient (Wildman–Crippen LogP) is 0.766. The summed E-state index contributed by atoms with van der Waals surface area (Å²) in [5.41, 5.74) is 0. The number of aliphatic hydroxyl groups is 2. The van der Waals surface area contributed by atoms with Crippen molar-refractivity contribution in [3.8, 4) is 0 Å². The fourth-order valence-corrected chi connectivity index (χ4v) is 0.281. The third kappa shape index (κ3) is 3.36. The van der Waals surface area contributed by atoms with E-state index in [9.17, 15) is 26.3 Å². The van der Waals surface area contributed by atoms with E-state index in [0.717, 1.165) is 0 Å². The molecule has 0 rings (SSSR count). The summed E-state index contributed by atoms with van der Waals surface area (Å²) in [5, 5.41) is 15.1. The van der Waals surface area contributed by atoms with Crippen molar-refractivity contribution in [1.82, 2.24) is 0 Å². The van der Waals surface area contributed by atoms with Gasteiger partial charge in [-0.3, -0.25) is 0 Å². The number of hydrogen-bond acceptors (Lipinski definition) is 3. The van der Waals surface area contributed by atoms with Gasteiger partial charge in [-0.15, -0.1) is 0 Å². The Labute approximate surface area is 67.5 Å². The molecule has 3 nitrogen and oxygen atoms in total. The highest BCUT2D eigenvalue weighted by Gasteiger charge is 2.61. The fourth-order valence-electron chi connectivity index (χ4n) is 0.281. The van der Waals surface area contributed by atoms with Crippen LogP contribution in [0.3, 0.4) is 0 Å². The lowest BCUT2D eigenvalue weighted by molar-refractivity contribution is -0.476. The SMILES string of the molecule is OCC(F)(F)OC(F)(F)C(O)(F)F. The predicted molar refractivity (Wildman–Crippen MR) is 25.2 cm³/mol. The van der Waals surface area contributed by atoms with Crippen molar-refractivity contribution in [2.45, 2.75) is 18.3 Å². The van der Waals surface area contributed by atoms with Gasteiger partial charge < -0.3 is 10.2 Å². The molecule has 0 aliphatic heterocycles. The van der Waals surface area contributed by atoms with Gasteiger partial charge in [-0.2, -0.15) is 26.3 Å². The Morgan fingerprint density at radius 3 is 1.62 bits per heavy atom. The van der Waals surface area contributed by atoms with E-state index in [2.05, 4.69) is 4.74 Å². The molecule has 0 spiro atoms. The Hall–Kier alpha value is -0.540. The smallest absolute Gasteiger partial charge is 0.387 e. The number of aliphatic hydroxyl groups excluding tert-OH is 1. The molecular formula is C4H4F6O3. The number of ether oxygens (including phenoxy) is 1. The normalized spacial score (nSPS) is 14.8. The summed E-state index contributed by atoms with van der Waals surface area (Å²) in [7, 11) is 0. The molecule has 9 heteroatoms. The van der Waals surface area contributed by atoms with Crippen LogP contribution in [0.1, 0.15) is 0 Å². The number of alkyl halides is 6. The number of halogens is 6. The molecule has 0 fully saturated rings. The fraction of sp³-hybridized carbons (Fsp3) is 1.00. The van der Waals surface area contributed by atoms with Crippen LogP contribution in [0.15, 0.2) is 0 Å². The van der Waals surface area contributed by atoms with Gasteiger partial charge in [-0.1, -0.05) is 0 Å². The average Bonchev–Trinajstić information content (AvgIpc) is 1.83. The minimum Gasteiger partial charge on any atom is -0.387 e. The average molecular weight is 214 g/mol. The van der Waals surface area contributed by atoms with Gasteiger partial charge in [-0.25, -0.2) is 4.74 Å². The lowest BCUT2D eigenvalue weighted by Crippen LogP contribution is -2.48. The van der Waals surface area contributed by atoms with Crippen molar-refractivity contribution in [2.24, 2.45) is 0 Å². The summed E-state index contributed by atoms with van der Waals surface area (Å²) in [5.74, 6) is 0. The monoisotopic (exact) mass is 214 g/mol. The van der Waals surface area contributed by atoms with E-state index in [4.69, 9.17) is 10.2 Å². The van der Waals surface area contributed by atoms with E-state index >= 15 is 0 Å². The molecule has 0 aromatic heterocycles. The molecule has 0 aliphatic carbocycles. The third-order valence-corrected chi connectivity index (χ3v) is 0.812. The molecule has 80 valence electrons. The summed E-state index contributed by atoms with van der Waals surface area (Å²) in [6.07, 6.45) is -16.4. The van der Waals surface area contributed by atoms with Gasteiger partial charge in [0.1, 0.15) is 6.61 Å². The minimum absolute atomic E-state index is 2.21. The van der Waals surface area contributed by atoms with Crippen LogP contribution >= 0.6 is 0 Å². The van der Waals surface area contributed by atoms with Gasteiger partial charge in [0.2, 0.25) is 0 Å². The Bertz CT molecular complexity index is 175. The van der Waals surface area contributed by atoms with Gasteiger partial charge in [0, 0.05) is 0 Å². The van der Waals surface area contributed by atoms with Crippen LogP contribution < -0.4 is 0 Å². The summed E-state index contributed by atoms with van der Waals surface area (Å²) < 4.78 is 72.3. The van der Waals surface area contributed by atoms with E-state index in [-0.39, 0.29) is 0 Å². The Balaban J connectivity index is 4.52. The third-order valence-electron chi connectivity index (χ3n) is 0.812. The largest absolute Gasteiger partial charge is 0.452 e. The highest BCUT2D eigenvalue weighted by molar-refractivity contribution is 4.66. The molecular weight excluding hydrogens is 210 g/mol. The first kappa shape index (κ1) is 12.5. The molecule has 0 saturated carbocycles. The topological polar surface area (TPSA) is 49.7 Å². The van der Waals surface area contributed by atoms with Gasteiger partial charge >= 0.3 is 18.3 Å². The van der Waals surface area contributed by atoms with Crippen molar-refractivity contribution in [2.75, 3.05) is 6.61 Å². The summed E-state index contributed by atoms with van der Waals surface area (Å²) >= 11 is 0. The lowest BCUT2D eigenvalue weighted by Gasteiger charge is -2.24. The second-order valence-corrected chi connectivity index (χ2v) is 1.96. The van der Waals surface area contributed by atoms with Crippen molar-refractivity contribution in [3.05, 3.63) is 0 Å². The molecule has 0 radical (unpaired) electrons. The Morgan fingerprint density at radius 1 is 1.00 bits per heavy atom. The maximum absolute atomic E-state index is 11.8. The first-order valence-corrected chi connectivity index (χ1v) is 2.69. The van der Waals surface area contributed by atoms with Gasteiger partial charge in [-0.05, 0) is 0 Å². The molecule has 0 atom stereocenters. The van der Waals surface area contributed by atoms with Crippen LogP contribution in [0, 0.1) is 0 Å². The summed E-state index contributed by atoms with van der Waals surface area (Å²) in [6.45, 7) is -2.21. The second kappa shape index (κ2) is 3.31. The first-order valence-electron chi connectivity index (χ1n) is 2.69. The highest BCUT2D eigenvalue weighted by atomic mass is 19.3. The second-order valence-electron chi connectivity index (χ2n) is 1.96. The minimum atomic E-state index is -5.76. The molecule has 0 aliphatic rings. The quantitative estimate of drug-likeness (QED) is 0.679. The Morgan fingerprint density at radius 2 is 1.38 bits per heavy atom. The van der Waals surface area contributed by atoms with Crippen LogP contribution in [0.2, 0.25) is 0 Å². The number of rotatable bonds is 4. The van der Waals surface area contributed by atoms with Crippen molar-refractivity contribution in [3.63, 3.8) is 0 Å². The first-order chi connectivity index (χ1) is 5.52. The van der Waals surface area contributed by atoms with Crippen LogP contribution in [0.25, 0.3) is 0 Å². The maximum Gasteiger partial charge on any atom is 0.452 e. The Kier molecular flexibility index (Phi) is 3.17. The van der Waals surface area contributed by atoms with Crippen LogP contribution in [-0.2, 0) is 4.74 Å². The zero-order chi connectivity index (χ0) is 10.9. The van der Waals surface area contributed by atoms with Crippen molar-refractivity contribution in [1.29, 1.82) is 0 Å². The van der Waals surface area contributed by atoms with E-state index in [1.807, 2.05) is 0 Å². The van der Waals surface area contributed by atoms with Crippen LogP contribution in [0.5, 0.6) is 0 Å². The standard InChI is InChI=1S/C4H4F6O3/c5-2(6,1-11)13-4(9,10)3(7,8)12/h11-12H,1H2. The maximum atomic E-state index is 11.8. The molecule has 0 aromatic rings. The number of hydrogen-bond donors (Lipinski definition) is 2. The van der Waals surface area contributed by atoms with Crippen molar-refractivity contribution >= 4 is 0 Å².